The average Bonchev–Trinajstić information content (AvgIpc) is 2.46. The van der Waals surface area contributed by atoms with Gasteiger partial charge in [0.15, 0.2) is 5.43 Å². The van der Waals surface area contributed by atoms with Gasteiger partial charge in [-0.3, -0.25) is 4.79 Å². The molecule has 4 heteroatoms. The van der Waals surface area contributed by atoms with Gasteiger partial charge in [-0.15, -0.1) is 11.3 Å². The van der Waals surface area contributed by atoms with Gasteiger partial charge in [0.2, 0.25) is 0 Å². The summed E-state index contributed by atoms with van der Waals surface area (Å²) in [7, 11) is 0. The highest BCUT2D eigenvalue weighted by molar-refractivity contribution is 9.09. The van der Waals surface area contributed by atoms with E-state index >= 15 is 0 Å². The molecule has 3 rings (SSSR count). The largest absolute Gasteiger partial charge is 0.289 e. The van der Waals surface area contributed by atoms with Gasteiger partial charge in [0.25, 0.3) is 0 Å². The lowest BCUT2D eigenvalue weighted by Gasteiger charge is -2.13. The Morgan fingerprint density at radius 2 is 1.71 bits per heavy atom. The number of rotatable bonds is 2. The third-order valence-electron chi connectivity index (χ3n) is 3.62. The van der Waals surface area contributed by atoms with Crippen LogP contribution in [0.3, 0.4) is 0 Å². The maximum atomic E-state index is 12.8. The minimum absolute atomic E-state index is 0.128. The van der Waals surface area contributed by atoms with Crippen LogP contribution in [0.4, 0.5) is 0 Å². The first kappa shape index (κ1) is 15.2. The zero-order valence-electron chi connectivity index (χ0n) is 11.7. The smallest absolute Gasteiger partial charge is 0.195 e. The van der Waals surface area contributed by atoms with Crippen molar-refractivity contribution in [3.05, 3.63) is 57.7 Å². The van der Waals surface area contributed by atoms with Gasteiger partial charge in [-0.25, -0.2) is 0 Å². The first-order chi connectivity index (χ1) is 9.99. The molecule has 108 valence electrons. The van der Waals surface area contributed by atoms with E-state index < -0.39 is 0 Å². The van der Waals surface area contributed by atoms with Gasteiger partial charge in [0, 0.05) is 29.8 Å². The molecule has 2 atom stereocenters. The van der Waals surface area contributed by atoms with Crippen LogP contribution in [0.2, 0.25) is 0 Å². The molecule has 0 aliphatic heterocycles. The van der Waals surface area contributed by atoms with Gasteiger partial charge in [0.1, 0.15) is 0 Å². The van der Waals surface area contributed by atoms with E-state index in [0.29, 0.717) is 0 Å². The molecule has 0 N–H and O–H groups in total. The van der Waals surface area contributed by atoms with Gasteiger partial charge < -0.3 is 0 Å². The van der Waals surface area contributed by atoms with Crippen LogP contribution < -0.4 is 5.43 Å². The highest BCUT2D eigenvalue weighted by atomic mass is 79.9. The third-order valence-corrected chi connectivity index (χ3v) is 5.87. The van der Waals surface area contributed by atoms with Crippen molar-refractivity contribution in [1.82, 2.24) is 0 Å². The standard InChI is InChI=1S/C17H14Br2OS/c1-9(18)11-7-13(10(2)19)17-14(8-11)16(20)12-5-3-4-6-15(12)21-17/h3-10H,1-2H3. The van der Waals surface area contributed by atoms with Crippen molar-refractivity contribution in [1.29, 1.82) is 0 Å². The summed E-state index contributed by atoms with van der Waals surface area (Å²) in [6.45, 7) is 4.18. The molecule has 0 spiro atoms. The van der Waals surface area contributed by atoms with E-state index in [1.165, 1.54) is 5.56 Å². The zero-order valence-corrected chi connectivity index (χ0v) is 15.7. The summed E-state index contributed by atoms with van der Waals surface area (Å²) < 4.78 is 2.13. The van der Waals surface area contributed by atoms with Crippen LogP contribution in [0, 0.1) is 0 Å². The quantitative estimate of drug-likeness (QED) is 0.346. The molecule has 21 heavy (non-hydrogen) atoms. The van der Waals surface area contributed by atoms with Crippen LogP contribution in [0.15, 0.2) is 41.2 Å². The fourth-order valence-electron chi connectivity index (χ4n) is 2.48. The van der Waals surface area contributed by atoms with Crippen LogP contribution in [0.1, 0.15) is 34.6 Å². The molecule has 3 aromatic rings. The monoisotopic (exact) mass is 424 g/mol. The second-order valence-electron chi connectivity index (χ2n) is 5.15. The number of alkyl halides is 2. The van der Waals surface area contributed by atoms with E-state index in [4.69, 9.17) is 0 Å². The second kappa shape index (κ2) is 5.82. The number of hydrogen-bond acceptors (Lipinski definition) is 2. The Labute approximate surface area is 144 Å². The van der Waals surface area contributed by atoms with Crippen molar-refractivity contribution in [2.75, 3.05) is 0 Å². The van der Waals surface area contributed by atoms with Crippen LogP contribution >= 0.6 is 43.2 Å². The lowest BCUT2D eigenvalue weighted by atomic mass is 10.0. The topological polar surface area (TPSA) is 17.1 Å². The van der Waals surface area contributed by atoms with Gasteiger partial charge in [-0.1, -0.05) is 50.1 Å². The van der Waals surface area contributed by atoms with Crippen molar-refractivity contribution < 1.29 is 0 Å². The lowest BCUT2D eigenvalue weighted by Crippen LogP contribution is -2.04. The van der Waals surface area contributed by atoms with Gasteiger partial charge >= 0.3 is 0 Å². The highest BCUT2D eigenvalue weighted by Gasteiger charge is 2.15. The fraction of sp³-hybridized carbons (Fsp3) is 0.235. The molecular weight excluding hydrogens is 412 g/mol. The number of hydrogen-bond donors (Lipinski definition) is 0. The summed E-state index contributed by atoms with van der Waals surface area (Å²) in [6, 6.07) is 12.0. The fourth-order valence-corrected chi connectivity index (χ4v) is 4.51. The summed E-state index contributed by atoms with van der Waals surface area (Å²) in [5, 5.41) is 1.63. The molecule has 0 fully saturated rings. The summed E-state index contributed by atoms with van der Waals surface area (Å²) in [5.41, 5.74) is 2.45. The normalized spacial score (nSPS) is 14.5. The van der Waals surface area contributed by atoms with Gasteiger partial charge in [-0.2, -0.15) is 0 Å². The van der Waals surface area contributed by atoms with Crippen molar-refractivity contribution in [3.8, 4) is 0 Å². The molecule has 0 saturated heterocycles. The first-order valence-corrected chi connectivity index (χ1v) is 9.41. The Morgan fingerprint density at radius 3 is 2.38 bits per heavy atom. The van der Waals surface area contributed by atoms with E-state index in [9.17, 15) is 4.79 Å². The Morgan fingerprint density at radius 1 is 1.00 bits per heavy atom. The first-order valence-electron chi connectivity index (χ1n) is 6.76. The highest BCUT2D eigenvalue weighted by Crippen LogP contribution is 2.37. The molecule has 0 bridgehead atoms. The Balaban J connectivity index is 2.52. The molecule has 0 aliphatic rings. The maximum absolute atomic E-state index is 12.8. The van der Waals surface area contributed by atoms with E-state index in [1.807, 2.05) is 30.3 Å². The van der Waals surface area contributed by atoms with Crippen molar-refractivity contribution in [3.63, 3.8) is 0 Å². The predicted molar refractivity (Wildman–Crippen MR) is 100 cm³/mol. The van der Waals surface area contributed by atoms with Crippen LogP contribution in [0.5, 0.6) is 0 Å². The van der Waals surface area contributed by atoms with Crippen LogP contribution in [-0.4, -0.2) is 0 Å². The maximum Gasteiger partial charge on any atom is 0.195 e. The minimum atomic E-state index is 0.128. The second-order valence-corrected chi connectivity index (χ2v) is 8.95. The van der Waals surface area contributed by atoms with Crippen LogP contribution in [-0.2, 0) is 0 Å². The molecular formula is C17H14Br2OS. The molecule has 2 unspecified atom stereocenters. The predicted octanol–water partition coefficient (Wildman–Crippen LogP) is 6.33. The van der Waals surface area contributed by atoms with E-state index in [-0.39, 0.29) is 15.1 Å². The molecule has 0 saturated carbocycles. The van der Waals surface area contributed by atoms with E-state index in [1.54, 1.807) is 11.3 Å². The minimum Gasteiger partial charge on any atom is -0.289 e. The van der Waals surface area contributed by atoms with E-state index in [0.717, 1.165) is 25.7 Å². The summed E-state index contributed by atoms with van der Waals surface area (Å²) in [6.07, 6.45) is 0. The molecule has 0 amide bonds. The Bertz CT molecular complexity index is 881. The summed E-state index contributed by atoms with van der Waals surface area (Å²) >= 11 is 8.97. The van der Waals surface area contributed by atoms with Crippen molar-refractivity contribution in [2.24, 2.45) is 0 Å². The molecule has 1 heterocycles. The van der Waals surface area contributed by atoms with Gasteiger partial charge in [0.05, 0.1) is 0 Å². The number of benzene rings is 2. The van der Waals surface area contributed by atoms with Crippen LogP contribution in [0.25, 0.3) is 20.2 Å². The summed E-state index contributed by atoms with van der Waals surface area (Å²) in [4.78, 5) is 13.2. The Hall–Kier alpha value is -0.710. The molecule has 0 radical (unpaired) electrons. The molecule has 2 aromatic carbocycles. The van der Waals surface area contributed by atoms with Crippen molar-refractivity contribution in [2.45, 2.75) is 23.5 Å². The molecule has 1 nitrogen and oxygen atoms in total. The van der Waals surface area contributed by atoms with Gasteiger partial charge in [-0.05, 0) is 43.2 Å². The molecule has 0 aliphatic carbocycles. The van der Waals surface area contributed by atoms with Crippen molar-refractivity contribution >= 4 is 63.4 Å². The summed E-state index contributed by atoms with van der Waals surface area (Å²) in [5.74, 6) is 0. The molecule has 1 aromatic heterocycles. The SMILES string of the molecule is CC(Br)c1cc(C(C)Br)c2sc3ccccc3c(=O)c2c1. The van der Waals surface area contributed by atoms with E-state index in [2.05, 4.69) is 51.8 Å². The average molecular weight is 426 g/mol. The zero-order chi connectivity index (χ0) is 15.1. The lowest BCUT2D eigenvalue weighted by molar-refractivity contribution is 1.09. The number of halogens is 2. The number of fused-ring (bicyclic) bond motifs is 2. The Kier molecular flexibility index (Phi) is 4.21. The third kappa shape index (κ3) is 2.69.